The van der Waals surface area contributed by atoms with Crippen LogP contribution >= 0.6 is 11.3 Å². The number of pyridine rings is 1. The number of hydrogen-bond donors (Lipinski definition) is 0. The van der Waals surface area contributed by atoms with Crippen molar-refractivity contribution >= 4 is 32.5 Å². The number of rotatable bonds is 5. The smallest absolute Gasteiger partial charge is 0.0774 e. The van der Waals surface area contributed by atoms with E-state index in [9.17, 15) is 0 Å². The largest absolute Gasteiger partial charge is 0.333 e. The summed E-state index contributed by atoms with van der Waals surface area (Å²) in [6, 6.07) is 38.9. The molecule has 0 unspecified atom stereocenters. The molecule has 1 radical (unpaired) electrons. The standard InChI is InChI=1S/C31H33N2S.C11H8N.Ir/c1-19(2)22-11-10-12-23(20(3)4)29(22)33-27-14-9-8-13-26(27)32-30(33)25-18-34-28-16-15-21(17-24(25)28)31(5,6)7;1-2-6-10(7-3-1)11-8-4-5-9-12-11;/h8-17,19-20H,1-7H3;1-6,8-9H;/q2*-1;. The molecule has 0 fully saturated rings. The fourth-order valence-electron chi connectivity index (χ4n) is 5.87. The molecule has 0 bridgehead atoms. The van der Waals surface area contributed by atoms with E-state index >= 15 is 0 Å². The molecule has 0 saturated carbocycles. The average molecular weight is 812 g/mol. The molecule has 0 aliphatic rings. The van der Waals surface area contributed by atoms with Crippen LogP contribution in [0, 0.1) is 11.4 Å². The first-order valence-electron chi connectivity index (χ1n) is 16.1. The third-order valence-corrected chi connectivity index (χ3v) is 9.26. The predicted molar refractivity (Wildman–Crippen MR) is 196 cm³/mol. The van der Waals surface area contributed by atoms with Crippen molar-refractivity contribution in [3.8, 4) is 28.3 Å². The third kappa shape index (κ3) is 7.18. The second-order valence-electron chi connectivity index (χ2n) is 13.4. The summed E-state index contributed by atoms with van der Waals surface area (Å²) in [6.07, 6.45) is 1.79. The normalized spacial score (nSPS) is 11.5. The van der Waals surface area contributed by atoms with E-state index in [1.165, 1.54) is 32.5 Å². The molecule has 3 heterocycles. The fraction of sp³-hybridized carbons (Fsp3) is 0.238. The maximum absolute atomic E-state index is 5.21. The van der Waals surface area contributed by atoms with Crippen molar-refractivity contribution in [1.29, 1.82) is 0 Å². The van der Waals surface area contributed by atoms with Gasteiger partial charge in [0.05, 0.1) is 16.9 Å². The van der Waals surface area contributed by atoms with Crippen molar-refractivity contribution in [3.63, 3.8) is 0 Å². The summed E-state index contributed by atoms with van der Waals surface area (Å²) in [4.78, 5) is 9.43. The minimum absolute atomic E-state index is 0. The molecule has 7 aromatic rings. The molecule has 7 rings (SSSR count). The first-order valence-corrected chi connectivity index (χ1v) is 16.9. The number of hydrogen-bond acceptors (Lipinski definition) is 3. The Bertz CT molecular complexity index is 2020. The van der Waals surface area contributed by atoms with Crippen LogP contribution in [-0.2, 0) is 25.5 Å². The van der Waals surface area contributed by atoms with Gasteiger partial charge < -0.3 is 9.55 Å². The van der Waals surface area contributed by atoms with Gasteiger partial charge in [0.15, 0.2) is 0 Å². The van der Waals surface area contributed by atoms with Gasteiger partial charge in [0.2, 0.25) is 0 Å². The van der Waals surface area contributed by atoms with Gasteiger partial charge >= 0.3 is 0 Å². The SMILES string of the molecule is CC(C)c1cccc(C(C)C)c1-n1c(-c2[c-]sc3ccc(C(C)(C)C)cc23)nc2ccccc21.[Ir].[c-]1ccccc1-c1ccccn1. The Morgan fingerprint density at radius 3 is 2.11 bits per heavy atom. The number of thiophene rings is 1. The second kappa shape index (κ2) is 14.5. The molecule has 3 aromatic heterocycles. The van der Waals surface area contributed by atoms with E-state index in [1.54, 1.807) is 17.5 Å². The quantitative estimate of drug-likeness (QED) is 0.162. The van der Waals surface area contributed by atoms with Gasteiger partial charge in [-0.15, -0.1) is 47.3 Å². The van der Waals surface area contributed by atoms with E-state index in [4.69, 9.17) is 4.98 Å². The first-order chi connectivity index (χ1) is 22.1. The van der Waals surface area contributed by atoms with Gasteiger partial charge in [0.1, 0.15) is 0 Å². The molecule has 0 aliphatic carbocycles. The molecule has 0 amide bonds. The van der Waals surface area contributed by atoms with Crippen LogP contribution in [0.4, 0.5) is 0 Å². The van der Waals surface area contributed by atoms with Crippen molar-refractivity contribution in [2.45, 2.75) is 65.7 Å². The van der Waals surface area contributed by atoms with Crippen LogP contribution < -0.4 is 0 Å². The van der Waals surface area contributed by atoms with E-state index in [2.05, 4.69) is 130 Å². The summed E-state index contributed by atoms with van der Waals surface area (Å²) in [5, 5.41) is 4.87. The second-order valence-corrected chi connectivity index (χ2v) is 14.2. The van der Waals surface area contributed by atoms with Gasteiger partial charge in [-0.1, -0.05) is 124 Å². The van der Waals surface area contributed by atoms with Gasteiger partial charge in [0, 0.05) is 32.0 Å². The number of nitrogens with zero attached hydrogens (tertiary/aromatic N) is 3. The number of para-hydroxylation sites is 3. The molecular formula is C42H41IrN3S-2. The topological polar surface area (TPSA) is 30.7 Å². The number of fused-ring (bicyclic) bond motifs is 2. The van der Waals surface area contributed by atoms with Crippen LogP contribution in [0.25, 0.3) is 49.5 Å². The third-order valence-electron chi connectivity index (χ3n) is 8.38. The molecule has 0 N–H and O–H groups in total. The summed E-state index contributed by atoms with van der Waals surface area (Å²) in [7, 11) is 0. The van der Waals surface area contributed by atoms with Crippen LogP contribution in [0.5, 0.6) is 0 Å². The Balaban J connectivity index is 0.000000280. The molecule has 0 atom stereocenters. The van der Waals surface area contributed by atoms with Crippen LogP contribution in [-0.4, -0.2) is 14.5 Å². The maximum atomic E-state index is 5.21. The Kier molecular flexibility index (Phi) is 10.6. The molecule has 47 heavy (non-hydrogen) atoms. The van der Waals surface area contributed by atoms with Gasteiger partial charge in [-0.25, -0.2) is 0 Å². The Morgan fingerprint density at radius 2 is 1.47 bits per heavy atom. The zero-order chi connectivity index (χ0) is 32.4. The molecule has 241 valence electrons. The van der Waals surface area contributed by atoms with E-state index in [0.717, 1.165) is 33.7 Å². The summed E-state index contributed by atoms with van der Waals surface area (Å²) in [5.41, 5.74) is 10.7. The summed E-state index contributed by atoms with van der Waals surface area (Å²) in [6.45, 7) is 15.9. The van der Waals surface area contributed by atoms with Crippen LogP contribution in [0.2, 0.25) is 0 Å². The van der Waals surface area contributed by atoms with Crippen molar-refractivity contribution in [2.24, 2.45) is 0 Å². The summed E-state index contributed by atoms with van der Waals surface area (Å²) >= 11 is 1.68. The summed E-state index contributed by atoms with van der Waals surface area (Å²) in [5.74, 6) is 1.78. The van der Waals surface area contributed by atoms with Crippen LogP contribution in [0.3, 0.4) is 0 Å². The Morgan fingerprint density at radius 1 is 0.766 bits per heavy atom. The zero-order valence-electron chi connectivity index (χ0n) is 28.1. The molecule has 0 saturated heterocycles. The molecule has 3 nitrogen and oxygen atoms in total. The molecule has 5 heteroatoms. The van der Waals surface area contributed by atoms with E-state index in [0.29, 0.717) is 11.8 Å². The summed E-state index contributed by atoms with van der Waals surface area (Å²) < 4.78 is 3.66. The molecule has 4 aromatic carbocycles. The first kappa shape index (κ1) is 34.4. The minimum Gasteiger partial charge on any atom is -0.333 e. The van der Waals surface area contributed by atoms with Crippen molar-refractivity contribution in [3.05, 3.63) is 137 Å². The van der Waals surface area contributed by atoms with Gasteiger partial charge in [-0.3, -0.25) is 16.3 Å². The van der Waals surface area contributed by atoms with Crippen molar-refractivity contribution in [2.75, 3.05) is 0 Å². The molecular weight excluding hydrogens is 771 g/mol. The number of benzene rings is 4. The Labute approximate surface area is 297 Å². The number of imidazole rings is 1. The van der Waals surface area contributed by atoms with Crippen LogP contribution in [0.15, 0.2) is 109 Å². The fourth-order valence-corrected chi connectivity index (χ4v) is 6.69. The zero-order valence-corrected chi connectivity index (χ0v) is 31.3. The minimum atomic E-state index is 0. The molecule has 0 aliphatic heterocycles. The monoisotopic (exact) mass is 812 g/mol. The van der Waals surface area contributed by atoms with Crippen molar-refractivity contribution in [1.82, 2.24) is 14.5 Å². The van der Waals surface area contributed by atoms with Crippen molar-refractivity contribution < 1.29 is 20.1 Å². The van der Waals surface area contributed by atoms with E-state index in [1.807, 2.05) is 42.5 Å². The van der Waals surface area contributed by atoms with Gasteiger partial charge in [-0.05, 0) is 52.3 Å². The van der Waals surface area contributed by atoms with Crippen LogP contribution in [0.1, 0.15) is 77.0 Å². The predicted octanol–water partition coefficient (Wildman–Crippen LogP) is 11.8. The van der Waals surface area contributed by atoms with Gasteiger partial charge in [0.25, 0.3) is 0 Å². The Hall–Kier alpha value is -3.89. The van der Waals surface area contributed by atoms with Gasteiger partial charge in [-0.2, -0.15) is 0 Å². The van der Waals surface area contributed by atoms with E-state index in [-0.39, 0.29) is 25.5 Å². The maximum Gasteiger partial charge on any atom is 0.0774 e. The van der Waals surface area contributed by atoms with E-state index < -0.39 is 0 Å². The average Bonchev–Trinajstić information content (AvgIpc) is 3.66. The number of aromatic nitrogens is 3. The molecule has 0 spiro atoms.